The molecule has 2 saturated heterocycles. The third kappa shape index (κ3) is 11.7. The van der Waals surface area contributed by atoms with Gasteiger partial charge in [0.2, 0.25) is 0 Å². The average molecular weight is 845 g/mol. The van der Waals surface area contributed by atoms with E-state index in [4.69, 9.17) is 15.2 Å². The Kier molecular flexibility index (Phi) is 14.8. The van der Waals surface area contributed by atoms with Gasteiger partial charge in [-0.25, -0.2) is 13.6 Å². The number of piperidine rings is 2. The quantitative estimate of drug-likeness (QED) is 0.206. The number of carbonyl (C=O) groups is 1. The van der Waals surface area contributed by atoms with Crippen molar-refractivity contribution in [3.8, 4) is 5.75 Å². The van der Waals surface area contributed by atoms with Gasteiger partial charge >= 0.3 is 6.09 Å². The van der Waals surface area contributed by atoms with Crippen LogP contribution in [0.2, 0.25) is 0 Å². The monoisotopic (exact) mass is 844 g/mol. The van der Waals surface area contributed by atoms with E-state index in [1.807, 2.05) is 26.8 Å². The lowest BCUT2D eigenvalue weighted by Crippen LogP contribution is -2.43. The number of carbonyl (C=O) groups excluding carboxylic acids is 1. The van der Waals surface area contributed by atoms with Crippen molar-refractivity contribution < 1.29 is 23.0 Å². The Morgan fingerprint density at radius 2 is 1.33 bits per heavy atom. The fraction of sp³-hybridized carbons (Fsp3) is 0.500. The lowest BCUT2D eigenvalue weighted by Gasteiger charge is -2.33. The highest BCUT2D eigenvalue weighted by Crippen LogP contribution is 2.32. The Balaban J connectivity index is 0.000000238. The number of aromatic nitrogens is 5. The Labute approximate surface area is 354 Å². The van der Waals surface area contributed by atoms with Gasteiger partial charge in [0.05, 0.1) is 52.9 Å². The van der Waals surface area contributed by atoms with Crippen LogP contribution >= 0.6 is 0 Å². The van der Waals surface area contributed by atoms with Gasteiger partial charge in [0.25, 0.3) is 11.1 Å². The summed E-state index contributed by atoms with van der Waals surface area (Å²) in [5.41, 5.74) is 8.83. The fourth-order valence-electron chi connectivity index (χ4n) is 7.77. The molecule has 3 aliphatic heterocycles. The number of fused-ring (bicyclic) bond motifs is 3. The molecule has 0 atom stereocenters. The molecule has 2 fully saturated rings. The third-order valence-corrected chi connectivity index (χ3v) is 11.1. The average Bonchev–Trinajstić information content (AvgIpc) is 3.22. The van der Waals surface area contributed by atoms with Crippen LogP contribution in [0.15, 0.2) is 70.6 Å². The summed E-state index contributed by atoms with van der Waals surface area (Å²) in [7, 11) is 0. The maximum Gasteiger partial charge on any atom is 0.415 e. The summed E-state index contributed by atoms with van der Waals surface area (Å²) >= 11 is 0. The van der Waals surface area contributed by atoms with Gasteiger partial charge in [0, 0.05) is 75.1 Å². The van der Waals surface area contributed by atoms with Crippen molar-refractivity contribution in [2.45, 2.75) is 91.2 Å². The summed E-state index contributed by atoms with van der Waals surface area (Å²) in [4.78, 5) is 55.9. The number of pyridine rings is 5. The Morgan fingerprint density at radius 1 is 0.787 bits per heavy atom. The second-order valence-electron chi connectivity index (χ2n) is 16.6. The predicted octanol–water partition coefficient (Wildman–Crippen LogP) is 4.91. The predicted molar refractivity (Wildman–Crippen MR) is 232 cm³/mol. The Hall–Kier alpha value is -5.36. The highest BCUT2D eigenvalue weighted by Gasteiger charge is 2.29. The van der Waals surface area contributed by atoms with E-state index in [9.17, 15) is 23.2 Å². The summed E-state index contributed by atoms with van der Waals surface area (Å²) in [5.74, 6) is -0.243. The number of likely N-dealkylation sites (tertiary alicyclic amines) is 2. The molecule has 0 spiro atoms. The number of hydrogen-bond donors (Lipinski definition) is 2. The van der Waals surface area contributed by atoms with Gasteiger partial charge in [-0.15, -0.1) is 0 Å². The molecule has 5 aromatic heterocycles. The molecule has 0 unspecified atom stereocenters. The highest BCUT2D eigenvalue weighted by molar-refractivity contribution is 5.90. The number of amides is 1. The highest BCUT2D eigenvalue weighted by atomic mass is 19.1. The number of halogens is 2. The Bertz CT molecular complexity index is 2410. The second-order valence-corrected chi connectivity index (χ2v) is 16.6. The van der Waals surface area contributed by atoms with Crippen LogP contribution in [0.5, 0.6) is 5.75 Å². The summed E-state index contributed by atoms with van der Waals surface area (Å²) in [6.07, 6.45) is 7.52. The van der Waals surface area contributed by atoms with E-state index in [-0.39, 0.29) is 18.5 Å². The van der Waals surface area contributed by atoms with Crippen LogP contribution in [-0.2, 0) is 24.4 Å². The molecule has 0 aliphatic carbocycles. The second kappa shape index (κ2) is 20.0. The molecule has 8 heterocycles. The van der Waals surface area contributed by atoms with Gasteiger partial charge in [-0.3, -0.25) is 29.4 Å². The van der Waals surface area contributed by atoms with Gasteiger partial charge in [-0.1, -0.05) is 7.43 Å². The first-order valence-electron chi connectivity index (χ1n) is 20.7. The summed E-state index contributed by atoms with van der Waals surface area (Å²) in [6, 6.07) is 11.5. The summed E-state index contributed by atoms with van der Waals surface area (Å²) < 4.78 is 41.7. The molecular formula is C44H58F2N10O5. The molecule has 61 heavy (non-hydrogen) atoms. The van der Waals surface area contributed by atoms with Gasteiger partial charge in [0.1, 0.15) is 35.3 Å². The van der Waals surface area contributed by atoms with E-state index in [0.717, 1.165) is 64.1 Å². The molecule has 0 bridgehead atoms. The van der Waals surface area contributed by atoms with Gasteiger partial charge in [0.15, 0.2) is 0 Å². The standard InChI is InChI=1S/C28H35FN6O4.C15H19FN4O.CH4/c1-28(2,3)39-27(37)35-12-13-38-25-15-21(31-18-24(25)35)17-30-20-6-8-33(9-7-20)10-11-34-23-14-19(29)16-32-22(23)4-5-26(34)36;16-11-9-14-13(18-10-11)1-2-15(21)20(14)8-7-19-5-3-12(17)4-6-19;/h4-5,14-16,18,20,30H,6-13,17H2,1-3H3;1-2,9-10,12H,3-8,17H2;1H4. The number of rotatable bonds is 9. The number of ether oxygens (including phenoxy) is 2. The van der Waals surface area contributed by atoms with Crippen LogP contribution < -0.4 is 31.8 Å². The van der Waals surface area contributed by atoms with Crippen molar-refractivity contribution in [3.63, 3.8) is 0 Å². The van der Waals surface area contributed by atoms with Crippen molar-refractivity contribution >= 4 is 33.8 Å². The molecule has 0 aromatic carbocycles. The molecule has 0 radical (unpaired) electrons. The zero-order chi connectivity index (χ0) is 42.4. The minimum absolute atomic E-state index is 0. The first kappa shape index (κ1) is 45.2. The van der Waals surface area contributed by atoms with Crippen molar-refractivity contribution in [3.05, 3.63) is 99.1 Å². The molecule has 17 heteroatoms. The van der Waals surface area contributed by atoms with Crippen LogP contribution in [-0.4, -0.2) is 110 Å². The largest absolute Gasteiger partial charge is 0.489 e. The topological polar surface area (TPSA) is 166 Å². The van der Waals surface area contributed by atoms with E-state index in [2.05, 4.69) is 30.1 Å². The number of nitrogens with two attached hydrogens (primary N) is 1. The zero-order valence-corrected chi connectivity index (χ0v) is 34.5. The molecule has 15 nitrogen and oxygen atoms in total. The maximum absolute atomic E-state index is 13.7. The van der Waals surface area contributed by atoms with Gasteiger partial charge in [-0.05, 0) is 84.8 Å². The molecular weight excluding hydrogens is 787 g/mol. The number of nitrogens with zero attached hydrogens (tertiary/aromatic N) is 8. The summed E-state index contributed by atoms with van der Waals surface area (Å²) in [6.45, 7) is 13.1. The van der Waals surface area contributed by atoms with Crippen molar-refractivity contribution in [1.82, 2.24) is 39.2 Å². The van der Waals surface area contributed by atoms with E-state index in [1.54, 1.807) is 32.4 Å². The number of anilines is 1. The van der Waals surface area contributed by atoms with Crippen LogP contribution in [0.1, 0.15) is 59.6 Å². The molecule has 8 rings (SSSR count). The molecule has 3 aliphatic rings. The maximum atomic E-state index is 13.7. The van der Waals surface area contributed by atoms with Crippen LogP contribution in [0.3, 0.4) is 0 Å². The molecule has 1 amide bonds. The zero-order valence-electron chi connectivity index (χ0n) is 34.5. The van der Waals surface area contributed by atoms with E-state index < -0.39 is 23.3 Å². The van der Waals surface area contributed by atoms with Crippen LogP contribution in [0, 0.1) is 11.6 Å². The first-order valence-corrected chi connectivity index (χ1v) is 20.7. The number of nitrogens with one attached hydrogen (secondary N) is 1. The normalized spacial score (nSPS) is 16.7. The molecule has 5 aromatic rings. The van der Waals surface area contributed by atoms with Crippen molar-refractivity contribution in [2.24, 2.45) is 5.73 Å². The fourth-order valence-corrected chi connectivity index (χ4v) is 7.77. The van der Waals surface area contributed by atoms with Gasteiger partial charge in [-0.2, -0.15) is 0 Å². The summed E-state index contributed by atoms with van der Waals surface area (Å²) in [5, 5.41) is 3.59. The van der Waals surface area contributed by atoms with Gasteiger partial charge < -0.3 is 39.5 Å². The Morgan fingerprint density at radius 3 is 1.87 bits per heavy atom. The first-order chi connectivity index (χ1) is 28.8. The van der Waals surface area contributed by atoms with E-state index >= 15 is 0 Å². The van der Waals surface area contributed by atoms with Crippen molar-refractivity contribution in [1.29, 1.82) is 0 Å². The van der Waals surface area contributed by atoms with E-state index in [0.29, 0.717) is 84.9 Å². The third-order valence-electron chi connectivity index (χ3n) is 11.1. The lowest BCUT2D eigenvalue weighted by molar-refractivity contribution is 0.0567. The molecule has 3 N–H and O–H groups in total. The smallest absolute Gasteiger partial charge is 0.415 e. The van der Waals surface area contributed by atoms with Crippen LogP contribution in [0.4, 0.5) is 19.3 Å². The minimum atomic E-state index is -0.576. The van der Waals surface area contributed by atoms with E-state index in [1.165, 1.54) is 36.7 Å². The minimum Gasteiger partial charge on any atom is -0.489 e. The number of hydrogen-bond acceptors (Lipinski definition) is 12. The SMILES string of the molecule is C.CC(C)(C)OC(=O)N1CCOc2cc(CNC3CCN(CCn4c(=O)ccc5ncc(F)cc54)CC3)ncc21.NC1CCN(CCn2c(=O)ccc3ncc(F)cc32)CC1. The van der Waals surface area contributed by atoms with Crippen LogP contribution in [0.25, 0.3) is 22.1 Å². The van der Waals surface area contributed by atoms with Crippen molar-refractivity contribution in [2.75, 3.05) is 57.3 Å². The molecule has 328 valence electrons. The lowest BCUT2D eigenvalue weighted by atomic mass is 10.0. The molecule has 0 saturated carbocycles.